The first-order valence-electron chi connectivity index (χ1n) is 5.64. The second-order valence-electron chi connectivity index (χ2n) is 3.80. The Bertz CT molecular complexity index is 309. The quantitative estimate of drug-likeness (QED) is 0.738. The van der Waals surface area contributed by atoms with Crippen LogP contribution in [0.15, 0.2) is 24.3 Å². The number of methoxy groups -OCH3 is 3. The number of benzene rings is 1. The van der Waals surface area contributed by atoms with E-state index in [1.165, 1.54) is 5.56 Å². The number of rotatable bonds is 7. The van der Waals surface area contributed by atoms with Gasteiger partial charge in [0.05, 0.1) is 7.11 Å². The Kier molecular flexibility index (Phi) is 5.97. The summed E-state index contributed by atoms with van der Waals surface area (Å²) in [5.41, 5.74) is 1.21. The van der Waals surface area contributed by atoms with Gasteiger partial charge in [0.25, 0.3) is 0 Å². The second kappa shape index (κ2) is 7.27. The smallest absolute Gasteiger partial charge is 0.169 e. The van der Waals surface area contributed by atoms with Gasteiger partial charge in [-0.15, -0.1) is 0 Å². The van der Waals surface area contributed by atoms with Gasteiger partial charge in [-0.3, -0.25) is 0 Å². The lowest BCUT2D eigenvalue weighted by molar-refractivity contribution is -0.0997. The molecule has 0 aliphatic rings. The molecule has 0 heterocycles. The first-order chi connectivity index (χ1) is 8.21. The molecule has 1 N–H and O–H groups in total. The van der Waals surface area contributed by atoms with Gasteiger partial charge in [0.2, 0.25) is 0 Å². The lowest BCUT2D eigenvalue weighted by Gasteiger charge is -2.19. The van der Waals surface area contributed by atoms with Gasteiger partial charge in [0.1, 0.15) is 5.75 Å². The molecule has 0 bridgehead atoms. The summed E-state index contributed by atoms with van der Waals surface area (Å²) in [6, 6.07) is 8.25. The fourth-order valence-corrected chi connectivity index (χ4v) is 1.55. The molecular weight excluding hydrogens is 218 g/mol. The number of hydrogen-bond donors (Lipinski definition) is 1. The van der Waals surface area contributed by atoms with Gasteiger partial charge < -0.3 is 19.5 Å². The highest BCUT2D eigenvalue weighted by atomic mass is 16.7. The van der Waals surface area contributed by atoms with Crippen molar-refractivity contribution in [2.45, 2.75) is 19.3 Å². The molecule has 1 atom stereocenters. The zero-order valence-corrected chi connectivity index (χ0v) is 10.9. The Hall–Kier alpha value is -1.10. The number of hydrogen-bond acceptors (Lipinski definition) is 4. The van der Waals surface area contributed by atoms with Crippen LogP contribution in [0.2, 0.25) is 0 Å². The van der Waals surface area contributed by atoms with Crippen molar-refractivity contribution in [1.82, 2.24) is 5.32 Å². The van der Waals surface area contributed by atoms with Gasteiger partial charge in [-0.25, -0.2) is 0 Å². The molecule has 1 aromatic rings. The molecule has 17 heavy (non-hydrogen) atoms. The number of ether oxygens (including phenoxy) is 3. The molecule has 1 aromatic carbocycles. The van der Waals surface area contributed by atoms with E-state index in [0.29, 0.717) is 6.54 Å². The largest absolute Gasteiger partial charge is 0.497 e. The van der Waals surface area contributed by atoms with E-state index < -0.39 is 0 Å². The molecule has 0 unspecified atom stereocenters. The molecular formula is C13H21NO3. The molecule has 0 aliphatic carbocycles. The molecule has 4 nitrogen and oxygen atoms in total. The topological polar surface area (TPSA) is 39.7 Å². The second-order valence-corrected chi connectivity index (χ2v) is 3.80. The van der Waals surface area contributed by atoms with Gasteiger partial charge in [0, 0.05) is 26.8 Å². The summed E-state index contributed by atoms with van der Waals surface area (Å²) in [6.45, 7) is 2.75. The van der Waals surface area contributed by atoms with Crippen LogP contribution in [-0.2, 0) is 9.47 Å². The van der Waals surface area contributed by atoms with Crippen molar-refractivity contribution in [2.24, 2.45) is 0 Å². The molecule has 0 spiro atoms. The molecule has 0 amide bonds. The Labute approximate surface area is 103 Å². The molecule has 96 valence electrons. The minimum atomic E-state index is -0.212. The molecule has 0 saturated carbocycles. The molecule has 4 heteroatoms. The molecule has 0 radical (unpaired) electrons. The Balaban J connectivity index is 2.48. The summed E-state index contributed by atoms with van der Waals surface area (Å²) in [7, 11) is 4.93. The number of nitrogens with one attached hydrogen (secondary N) is 1. The van der Waals surface area contributed by atoms with Crippen LogP contribution in [0.5, 0.6) is 5.75 Å². The van der Waals surface area contributed by atoms with E-state index in [1.54, 1.807) is 21.3 Å². The maximum Gasteiger partial charge on any atom is 0.169 e. The van der Waals surface area contributed by atoms with Crippen molar-refractivity contribution in [1.29, 1.82) is 0 Å². The van der Waals surface area contributed by atoms with Gasteiger partial charge in [0.15, 0.2) is 6.29 Å². The van der Waals surface area contributed by atoms with Crippen LogP contribution in [-0.4, -0.2) is 34.2 Å². The van der Waals surface area contributed by atoms with Crippen molar-refractivity contribution in [3.8, 4) is 5.75 Å². The van der Waals surface area contributed by atoms with Crippen LogP contribution in [0.3, 0.4) is 0 Å². The highest BCUT2D eigenvalue weighted by Gasteiger charge is 2.09. The average molecular weight is 239 g/mol. The fraction of sp³-hybridized carbons (Fsp3) is 0.538. The molecule has 1 rings (SSSR count). The van der Waals surface area contributed by atoms with Gasteiger partial charge >= 0.3 is 0 Å². The summed E-state index contributed by atoms with van der Waals surface area (Å²) in [5, 5.41) is 3.35. The van der Waals surface area contributed by atoms with E-state index in [4.69, 9.17) is 14.2 Å². The third-order valence-corrected chi connectivity index (χ3v) is 2.73. The van der Waals surface area contributed by atoms with Crippen molar-refractivity contribution in [2.75, 3.05) is 27.9 Å². The monoisotopic (exact) mass is 239 g/mol. The van der Waals surface area contributed by atoms with Crippen LogP contribution >= 0.6 is 0 Å². The lowest BCUT2D eigenvalue weighted by atomic mass is 10.1. The minimum Gasteiger partial charge on any atom is -0.497 e. The molecule has 0 aromatic heterocycles. The van der Waals surface area contributed by atoms with Gasteiger partial charge in [-0.05, 0) is 24.6 Å². The van der Waals surface area contributed by atoms with Crippen LogP contribution in [0, 0.1) is 0 Å². The van der Waals surface area contributed by atoms with E-state index in [9.17, 15) is 0 Å². The highest BCUT2D eigenvalue weighted by molar-refractivity contribution is 5.28. The summed E-state index contributed by atoms with van der Waals surface area (Å²) >= 11 is 0. The highest BCUT2D eigenvalue weighted by Crippen LogP contribution is 2.17. The zero-order chi connectivity index (χ0) is 12.7. The first-order valence-corrected chi connectivity index (χ1v) is 5.64. The first kappa shape index (κ1) is 14.0. The van der Waals surface area contributed by atoms with Crippen LogP contribution in [0.25, 0.3) is 0 Å². The van der Waals surface area contributed by atoms with Crippen molar-refractivity contribution in [3.05, 3.63) is 29.8 Å². The molecule has 0 aliphatic heterocycles. The maximum absolute atomic E-state index is 5.12. The van der Waals surface area contributed by atoms with E-state index in [2.05, 4.69) is 12.2 Å². The normalized spacial score (nSPS) is 12.8. The van der Waals surface area contributed by atoms with E-state index in [-0.39, 0.29) is 12.3 Å². The summed E-state index contributed by atoms with van der Waals surface area (Å²) in [4.78, 5) is 0. The third kappa shape index (κ3) is 4.34. The summed E-state index contributed by atoms with van der Waals surface area (Å²) in [6.07, 6.45) is -0.212. The van der Waals surface area contributed by atoms with Crippen LogP contribution in [0.4, 0.5) is 0 Å². The fourth-order valence-electron chi connectivity index (χ4n) is 1.55. The van der Waals surface area contributed by atoms with E-state index >= 15 is 0 Å². The maximum atomic E-state index is 5.12. The third-order valence-electron chi connectivity index (χ3n) is 2.73. The summed E-state index contributed by atoms with van der Waals surface area (Å²) in [5.74, 6) is 0.868. The van der Waals surface area contributed by atoms with Crippen molar-refractivity contribution >= 4 is 0 Å². The predicted molar refractivity (Wildman–Crippen MR) is 67.2 cm³/mol. The molecule has 0 saturated heterocycles. The van der Waals surface area contributed by atoms with Gasteiger partial charge in [-0.2, -0.15) is 0 Å². The van der Waals surface area contributed by atoms with E-state index in [1.807, 2.05) is 24.3 Å². The van der Waals surface area contributed by atoms with Crippen LogP contribution < -0.4 is 10.1 Å². The van der Waals surface area contributed by atoms with Crippen LogP contribution in [0.1, 0.15) is 18.5 Å². The molecule has 0 fully saturated rings. The van der Waals surface area contributed by atoms with Gasteiger partial charge in [-0.1, -0.05) is 12.1 Å². The van der Waals surface area contributed by atoms with Crippen molar-refractivity contribution < 1.29 is 14.2 Å². The predicted octanol–water partition coefficient (Wildman–Crippen LogP) is 1.96. The zero-order valence-electron chi connectivity index (χ0n) is 10.9. The SMILES string of the molecule is COc1ccc([C@H](C)NCC(OC)OC)cc1. The minimum absolute atomic E-state index is 0.212. The average Bonchev–Trinajstić information content (AvgIpc) is 2.39. The Morgan fingerprint density at radius 1 is 1.06 bits per heavy atom. The summed E-state index contributed by atoms with van der Waals surface area (Å²) < 4.78 is 15.4. The van der Waals surface area contributed by atoms with E-state index in [0.717, 1.165) is 5.75 Å². The Morgan fingerprint density at radius 3 is 2.12 bits per heavy atom. The lowest BCUT2D eigenvalue weighted by Crippen LogP contribution is -2.31. The van der Waals surface area contributed by atoms with Crippen molar-refractivity contribution in [3.63, 3.8) is 0 Å². The standard InChI is InChI=1S/C13H21NO3/c1-10(14-9-13(16-3)17-4)11-5-7-12(15-2)8-6-11/h5-8,10,13-14H,9H2,1-4H3/t10-/m0/s1. The Morgan fingerprint density at radius 2 is 1.65 bits per heavy atom.